The molecule has 176 valence electrons. The minimum absolute atomic E-state index is 0.0131. The fourth-order valence-electron chi connectivity index (χ4n) is 3.21. The van der Waals surface area contributed by atoms with Gasteiger partial charge in [-0.05, 0) is 67.3 Å². The van der Waals surface area contributed by atoms with Crippen molar-refractivity contribution < 1.29 is 14.3 Å². The van der Waals surface area contributed by atoms with Gasteiger partial charge < -0.3 is 9.47 Å². The maximum atomic E-state index is 12.5. The number of benzene rings is 2. The van der Waals surface area contributed by atoms with Gasteiger partial charge in [-0.15, -0.1) is 10.2 Å². The summed E-state index contributed by atoms with van der Waals surface area (Å²) < 4.78 is 11.5. The number of rotatable bonds is 11. The molecule has 0 unspecified atom stereocenters. The number of nitrogens with zero attached hydrogens (tertiary/aromatic N) is 3. The molecule has 3 aromatic rings. The Morgan fingerprint density at radius 2 is 1.74 bits per heavy atom. The molecule has 7 nitrogen and oxygen atoms in total. The molecule has 8 heteroatoms. The third kappa shape index (κ3) is 7.71. The molecule has 1 amide bonds. The maximum absolute atomic E-state index is 12.5. The average molecular weight is 477 g/mol. The van der Waals surface area contributed by atoms with E-state index < -0.39 is 5.91 Å². The van der Waals surface area contributed by atoms with Crippen LogP contribution in [0, 0.1) is 25.2 Å². The lowest BCUT2D eigenvalue weighted by atomic mass is 10.1. The highest BCUT2D eigenvalue weighted by Gasteiger charge is 2.13. The molecule has 1 aromatic heterocycles. The molecule has 0 radical (unpaired) electrons. The molecule has 0 atom stereocenters. The van der Waals surface area contributed by atoms with Crippen LogP contribution in [0.25, 0.3) is 6.08 Å². The molecule has 0 aliphatic carbocycles. The second-order valence-corrected chi connectivity index (χ2v) is 8.88. The van der Waals surface area contributed by atoms with Crippen molar-refractivity contribution in [2.45, 2.75) is 40.0 Å². The lowest BCUT2D eigenvalue weighted by Gasteiger charge is -2.10. The highest BCUT2D eigenvalue weighted by molar-refractivity contribution is 7.15. The maximum Gasteiger partial charge on any atom is 0.268 e. The van der Waals surface area contributed by atoms with Gasteiger partial charge in [0, 0.05) is 6.42 Å². The van der Waals surface area contributed by atoms with Gasteiger partial charge >= 0.3 is 0 Å². The standard InChI is InChI=1S/C26H28N4O3S/c1-4-5-6-24-29-30-26(34-24)28-25(31)21(17-27)16-20-7-9-22(10-8-20)32-11-12-33-23-14-18(2)13-19(3)15-23/h7-10,13-16H,4-6,11-12H2,1-3H3,(H,28,30,31)/b21-16-. The van der Waals surface area contributed by atoms with Crippen LogP contribution in [0.15, 0.2) is 48.0 Å². The largest absolute Gasteiger partial charge is 0.490 e. The van der Waals surface area contributed by atoms with E-state index in [-0.39, 0.29) is 5.57 Å². The van der Waals surface area contributed by atoms with Crippen LogP contribution in [0.1, 0.15) is 41.5 Å². The molecule has 0 spiro atoms. The predicted molar refractivity (Wildman–Crippen MR) is 134 cm³/mol. The number of unbranched alkanes of at least 4 members (excludes halogenated alkanes) is 1. The van der Waals surface area contributed by atoms with Gasteiger partial charge in [-0.2, -0.15) is 5.26 Å². The topological polar surface area (TPSA) is 97.1 Å². The van der Waals surface area contributed by atoms with Gasteiger partial charge in [0.1, 0.15) is 41.4 Å². The lowest BCUT2D eigenvalue weighted by molar-refractivity contribution is -0.112. The lowest BCUT2D eigenvalue weighted by Crippen LogP contribution is -2.13. The number of anilines is 1. The van der Waals surface area contributed by atoms with Crippen molar-refractivity contribution in [1.29, 1.82) is 5.26 Å². The SMILES string of the molecule is CCCCc1nnc(NC(=O)/C(C#N)=C\c2ccc(OCCOc3cc(C)cc(C)c3)cc2)s1. The molecule has 0 aliphatic rings. The van der Waals surface area contributed by atoms with Crippen LogP contribution in [-0.2, 0) is 11.2 Å². The van der Waals surface area contributed by atoms with E-state index in [0.717, 1.165) is 41.1 Å². The summed E-state index contributed by atoms with van der Waals surface area (Å²) in [6.07, 6.45) is 4.44. The molecule has 0 saturated heterocycles. The number of ether oxygens (including phenoxy) is 2. The highest BCUT2D eigenvalue weighted by Crippen LogP contribution is 2.20. The molecule has 34 heavy (non-hydrogen) atoms. The Hall–Kier alpha value is -3.70. The quantitative estimate of drug-likeness (QED) is 0.223. The average Bonchev–Trinajstić information content (AvgIpc) is 3.26. The molecule has 1 N–H and O–H groups in total. The monoisotopic (exact) mass is 476 g/mol. The zero-order valence-electron chi connectivity index (χ0n) is 19.6. The molecule has 3 rings (SSSR count). The van der Waals surface area contributed by atoms with Crippen LogP contribution in [0.2, 0.25) is 0 Å². The van der Waals surface area contributed by atoms with Crippen molar-refractivity contribution in [2.75, 3.05) is 18.5 Å². The van der Waals surface area contributed by atoms with Crippen molar-refractivity contribution in [3.05, 3.63) is 69.7 Å². The second kappa shape index (κ2) is 12.5. The summed E-state index contributed by atoms with van der Waals surface area (Å²) in [5, 5.41) is 21.4. The minimum Gasteiger partial charge on any atom is -0.490 e. The first kappa shape index (κ1) is 24.9. The summed E-state index contributed by atoms with van der Waals surface area (Å²) in [6, 6.07) is 15.2. The van der Waals surface area contributed by atoms with Gasteiger partial charge in [0.25, 0.3) is 5.91 Å². The van der Waals surface area contributed by atoms with Crippen molar-refractivity contribution in [1.82, 2.24) is 10.2 Å². The van der Waals surface area contributed by atoms with Gasteiger partial charge in [0.2, 0.25) is 5.13 Å². The van der Waals surface area contributed by atoms with E-state index in [4.69, 9.17) is 9.47 Å². The third-order valence-corrected chi connectivity index (χ3v) is 5.70. The summed E-state index contributed by atoms with van der Waals surface area (Å²) in [5.74, 6) is 0.997. The summed E-state index contributed by atoms with van der Waals surface area (Å²) in [6.45, 7) is 7.00. The normalized spacial score (nSPS) is 11.1. The van der Waals surface area contributed by atoms with Gasteiger partial charge in [-0.25, -0.2) is 0 Å². The number of carbonyl (C=O) groups is 1. The number of nitriles is 1. The van der Waals surface area contributed by atoms with E-state index in [1.54, 1.807) is 24.3 Å². The first-order valence-corrected chi connectivity index (χ1v) is 12.0. The number of hydrogen-bond acceptors (Lipinski definition) is 7. The molecule has 2 aromatic carbocycles. The predicted octanol–water partition coefficient (Wildman–Crippen LogP) is 5.50. The van der Waals surface area contributed by atoms with E-state index in [9.17, 15) is 10.1 Å². The number of aromatic nitrogens is 2. The number of carbonyl (C=O) groups excluding carboxylic acids is 1. The smallest absolute Gasteiger partial charge is 0.268 e. The molecule has 0 aliphatic heterocycles. The molecule has 0 fully saturated rings. The van der Waals surface area contributed by atoms with Crippen LogP contribution in [0.5, 0.6) is 11.5 Å². The van der Waals surface area contributed by atoms with Crippen molar-refractivity contribution in [3.8, 4) is 17.6 Å². The van der Waals surface area contributed by atoms with Gasteiger partial charge in [0.05, 0.1) is 0 Å². The number of hydrogen-bond donors (Lipinski definition) is 1. The van der Waals surface area contributed by atoms with Crippen LogP contribution >= 0.6 is 11.3 Å². The Morgan fingerprint density at radius 3 is 2.38 bits per heavy atom. The number of aryl methyl sites for hydroxylation is 3. The van der Waals surface area contributed by atoms with Gasteiger partial charge in [0.15, 0.2) is 0 Å². The van der Waals surface area contributed by atoms with Crippen LogP contribution in [-0.4, -0.2) is 29.3 Å². The minimum atomic E-state index is -0.510. The van der Waals surface area contributed by atoms with Crippen molar-refractivity contribution >= 4 is 28.5 Å². The van der Waals surface area contributed by atoms with Crippen LogP contribution in [0.3, 0.4) is 0 Å². The molecule has 0 bridgehead atoms. The molecule has 1 heterocycles. The van der Waals surface area contributed by atoms with Crippen molar-refractivity contribution in [2.24, 2.45) is 0 Å². The summed E-state index contributed by atoms with van der Waals surface area (Å²) >= 11 is 1.33. The fraction of sp³-hybridized carbons (Fsp3) is 0.308. The van der Waals surface area contributed by atoms with Crippen LogP contribution in [0.4, 0.5) is 5.13 Å². The zero-order valence-corrected chi connectivity index (χ0v) is 20.4. The van der Waals surface area contributed by atoms with Gasteiger partial charge in [-0.1, -0.05) is 42.9 Å². The van der Waals surface area contributed by atoms with E-state index in [1.165, 1.54) is 17.4 Å². The Morgan fingerprint density at radius 1 is 1.06 bits per heavy atom. The van der Waals surface area contributed by atoms with Crippen molar-refractivity contribution in [3.63, 3.8) is 0 Å². The van der Waals surface area contributed by atoms with E-state index >= 15 is 0 Å². The number of nitrogens with one attached hydrogen (secondary N) is 1. The zero-order chi connectivity index (χ0) is 24.3. The van der Waals surface area contributed by atoms with Crippen LogP contribution < -0.4 is 14.8 Å². The Labute approximate surface area is 204 Å². The summed E-state index contributed by atoms with van der Waals surface area (Å²) in [4.78, 5) is 12.5. The van der Waals surface area contributed by atoms with E-state index in [1.807, 2.05) is 32.0 Å². The Balaban J connectivity index is 1.51. The second-order valence-electron chi connectivity index (χ2n) is 7.82. The van der Waals surface area contributed by atoms with Gasteiger partial charge in [-0.3, -0.25) is 10.1 Å². The Kier molecular flexibility index (Phi) is 9.18. The first-order valence-electron chi connectivity index (χ1n) is 11.2. The Bertz CT molecular complexity index is 1160. The molecule has 0 saturated carbocycles. The highest BCUT2D eigenvalue weighted by atomic mass is 32.1. The number of amides is 1. The fourth-order valence-corrected chi connectivity index (χ4v) is 3.99. The molecular formula is C26H28N4O3S. The first-order chi connectivity index (χ1) is 16.5. The van der Waals surface area contributed by atoms with E-state index in [2.05, 4.69) is 28.5 Å². The summed E-state index contributed by atoms with van der Waals surface area (Å²) in [7, 11) is 0. The summed E-state index contributed by atoms with van der Waals surface area (Å²) in [5.41, 5.74) is 3.02. The van der Waals surface area contributed by atoms with E-state index in [0.29, 0.717) is 29.7 Å². The molecular weight excluding hydrogens is 448 g/mol. The third-order valence-electron chi connectivity index (χ3n) is 4.80.